The van der Waals surface area contributed by atoms with E-state index in [0.717, 1.165) is 31.5 Å². The van der Waals surface area contributed by atoms with Crippen LogP contribution in [-0.4, -0.2) is 59.9 Å². The topological polar surface area (TPSA) is 79.0 Å². The molecule has 10 heteroatoms. The van der Waals surface area contributed by atoms with Gasteiger partial charge in [-0.3, -0.25) is 14.5 Å². The Morgan fingerprint density at radius 1 is 0.969 bits per heavy atom. The third-order valence-electron chi connectivity index (χ3n) is 5.18. The van der Waals surface area contributed by atoms with Gasteiger partial charge in [0.1, 0.15) is 6.61 Å². The lowest BCUT2D eigenvalue weighted by Crippen LogP contribution is -2.30. The molecule has 0 bridgehead atoms. The monoisotopic (exact) mass is 451 g/mol. The first-order valence-electron chi connectivity index (χ1n) is 10.3. The van der Waals surface area contributed by atoms with Gasteiger partial charge in [-0.1, -0.05) is 12.1 Å². The Bertz CT molecular complexity index is 913. The molecule has 172 valence electrons. The second-order valence-corrected chi connectivity index (χ2v) is 7.43. The molecule has 1 aromatic carbocycles. The van der Waals surface area contributed by atoms with E-state index in [4.69, 9.17) is 0 Å². The van der Waals surface area contributed by atoms with Crippen molar-refractivity contribution >= 4 is 17.7 Å². The Hall–Kier alpha value is -3.14. The van der Waals surface area contributed by atoms with Gasteiger partial charge < -0.3 is 15.0 Å². The minimum Gasteiger partial charge on any atom is -0.457 e. The molecular weight excluding hydrogens is 427 g/mol. The van der Waals surface area contributed by atoms with Crippen LogP contribution in [0.1, 0.15) is 34.3 Å². The molecule has 0 unspecified atom stereocenters. The van der Waals surface area contributed by atoms with Crippen LogP contribution in [0.25, 0.3) is 0 Å². The normalized spacial score (nSPS) is 15.8. The summed E-state index contributed by atoms with van der Waals surface area (Å²) in [5.74, 6) is -2.63. The van der Waals surface area contributed by atoms with Gasteiger partial charge in [0, 0.05) is 43.2 Å². The fourth-order valence-corrected chi connectivity index (χ4v) is 3.40. The standard InChI is InChI=1S/C22H24F3N3O4/c23-22(24,25)21(31)32-14-13-27-9-11-28(12-10-27)20(30)4-3-19(29)18-2-1-16-5-7-26-8-6-17(16)15-18/h1-2,9-12,15,26H,3-8,13-14H2. The molecule has 0 aromatic heterocycles. The number of fused-ring (bicyclic) bond motifs is 1. The van der Waals surface area contributed by atoms with Crippen LogP contribution >= 0.6 is 0 Å². The van der Waals surface area contributed by atoms with Gasteiger partial charge in [-0.25, -0.2) is 4.79 Å². The van der Waals surface area contributed by atoms with Crippen molar-refractivity contribution in [1.29, 1.82) is 0 Å². The maximum Gasteiger partial charge on any atom is 0.490 e. The van der Waals surface area contributed by atoms with Crippen molar-refractivity contribution in [1.82, 2.24) is 15.1 Å². The number of nitrogens with zero attached hydrogens (tertiary/aromatic N) is 2. The quantitative estimate of drug-likeness (QED) is 0.507. The lowest BCUT2D eigenvalue weighted by atomic mass is 9.97. The van der Waals surface area contributed by atoms with Crippen LogP contribution in [0.4, 0.5) is 13.2 Å². The van der Waals surface area contributed by atoms with E-state index in [2.05, 4.69) is 10.1 Å². The highest BCUT2D eigenvalue weighted by Gasteiger charge is 2.40. The molecule has 0 saturated carbocycles. The van der Waals surface area contributed by atoms with Gasteiger partial charge in [0.2, 0.25) is 5.91 Å². The number of hydrogen-bond donors (Lipinski definition) is 1. The smallest absolute Gasteiger partial charge is 0.457 e. The summed E-state index contributed by atoms with van der Waals surface area (Å²) >= 11 is 0. The van der Waals surface area contributed by atoms with Crippen molar-refractivity contribution < 1.29 is 32.3 Å². The van der Waals surface area contributed by atoms with Crippen molar-refractivity contribution in [3.05, 3.63) is 59.7 Å². The number of carbonyl (C=O) groups excluding carboxylic acids is 3. The Morgan fingerprint density at radius 3 is 2.34 bits per heavy atom. The zero-order chi connectivity index (χ0) is 23.1. The number of benzene rings is 1. The second kappa shape index (κ2) is 10.4. The molecule has 0 radical (unpaired) electrons. The summed E-state index contributed by atoms with van der Waals surface area (Å²) < 4.78 is 40.4. The number of carbonyl (C=O) groups is 3. The molecule has 0 aliphatic carbocycles. The first-order valence-corrected chi connectivity index (χ1v) is 10.3. The molecule has 1 N–H and O–H groups in total. The van der Waals surface area contributed by atoms with E-state index in [9.17, 15) is 27.6 Å². The summed E-state index contributed by atoms with van der Waals surface area (Å²) in [7, 11) is 0. The zero-order valence-electron chi connectivity index (χ0n) is 17.4. The maximum atomic E-state index is 12.5. The molecule has 1 aromatic rings. The van der Waals surface area contributed by atoms with Crippen molar-refractivity contribution in [3.8, 4) is 0 Å². The molecule has 2 aliphatic rings. The predicted octanol–water partition coefficient (Wildman–Crippen LogP) is 2.53. The molecule has 2 aliphatic heterocycles. The largest absolute Gasteiger partial charge is 0.490 e. The number of ether oxygens (including phenoxy) is 1. The number of Topliss-reactive ketones (excluding diaryl/α,β-unsaturated/α-hetero) is 1. The van der Waals surface area contributed by atoms with Crippen molar-refractivity contribution in [3.63, 3.8) is 0 Å². The molecule has 1 amide bonds. The number of esters is 1. The van der Waals surface area contributed by atoms with E-state index in [1.165, 1.54) is 40.2 Å². The highest BCUT2D eigenvalue weighted by molar-refractivity contribution is 5.98. The van der Waals surface area contributed by atoms with Gasteiger partial charge in [0.15, 0.2) is 5.78 Å². The number of ketones is 1. The highest BCUT2D eigenvalue weighted by Crippen LogP contribution is 2.18. The summed E-state index contributed by atoms with van der Waals surface area (Å²) in [6.45, 7) is 1.34. The van der Waals surface area contributed by atoms with E-state index >= 15 is 0 Å². The lowest BCUT2D eigenvalue weighted by Gasteiger charge is -2.23. The predicted molar refractivity (Wildman–Crippen MR) is 109 cm³/mol. The molecule has 0 saturated heterocycles. The average molecular weight is 451 g/mol. The Kier molecular flexibility index (Phi) is 7.68. The van der Waals surface area contributed by atoms with Crippen molar-refractivity contribution in [2.75, 3.05) is 26.2 Å². The van der Waals surface area contributed by atoms with Crippen LogP contribution in [0.5, 0.6) is 0 Å². The zero-order valence-corrected chi connectivity index (χ0v) is 17.4. The molecule has 0 spiro atoms. The van der Waals surface area contributed by atoms with Gasteiger partial charge >= 0.3 is 12.1 Å². The molecule has 0 fully saturated rings. The summed E-state index contributed by atoms with van der Waals surface area (Å²) in [6.07, 6.45) is 2.69. The van der Waals surface area contributed by atoms with Gasteiger partial charge in [0.25, 0.3) is 0 Å². The van der Waals surface area contributed by atoms with Crippen molar-refractivity contribution in [2.45, 2.75) is 31.9 Å². The summed E-state index contributed by atoms with van der Waals surface area (Å²) in [6, 6.07) is 5.70. The number of amides is 1. The number of alkyl halides is 3. The number of nitrogens with one attached hydrogen (secondary N) is 1. The van der Waals surface area contributed by atoms with Crippen LogP contribution < -0.4 is 5.32 Å². The number of rotatable bonds is 7. The van der Waals surface area contributed by atoms with E-state index in [0.29, 0.717) is 5.56 Å². The van der Waals surface area contributed by atoms with Crippen LogP contribution in [0, 0.1) is 0 Å². The average Bonchev–Trinajstić information content (AvgIpc) is 3.02. The Balaban J connectivity index is 1.43. The van der Waals surface area contributed by atoms with Crippen LogP contribution in [0.2, 0.25) is 0 Å². The first-order chi connectivity index (χ1) is 15.2. The SMILES string of the molecule is O=C(CCC(=O)N1C=CN(CCOC(=O)C(F)(F)F)C=C1)c1ccc2c(c1)CCNCC2. The number of halogens is 3. The first kappa shape index (κ1) is 23.5. The summed E-state index contributed by atoms with van der Waals surface area (Å²) in [5.41, 5.74) is 3.00. The molecule has 3 rings (SSSR count). The van der Waals surface area contributed by atoms with E-state index in [-0.39, 0.29) is 31.1 Å². The maximum absolute atomic E-state index is 12.5. The van der Waals surface area contributed by atoms with Crippen LogP contribution in [0.15, 0.2) is 43.0 Å². The Labute approximate surface area is 183 Å². The molecule has 0 atom stereocenters. The van der Waals surface area contributed by atoms with Crippen molar-refractivity contribution in [2.24, 2.45) is 0 Å². The third-order valence-corrected chi connectivity index (χ3v) is 5.18. The fourth-order valence-electron chi connectivity index (χ4n) is 3.40. The fraction of sp³-hybridized carbons (Fsp3) is 0.409. The summed E-state index contributed by atoms with van der Waals surface area (Å²) in [5, 5.41) is 3.33. The van der Waals surface area contributed by atoms with Gasteiger partial charge in [0.05, 0.1) is 6.54 Å². The molecule has 32 heavy (non-hydrogen) atoms. The molecule has 7 nitrogen and oxygen atoms in total. The molecule has 2 heterocycles. The van der Waals surface area contributed by atoms with E-state index < -0.39 is 18.8 Å². The van der Waals surface area contributed by atoms with E-state index in [1.54, 1.807) is 6.07 Å². The number of hydrogen-bond acceptors (Lipinski definition) is 6. The van der Waals surface area contributed by atoms with Gasteiger partial charge in [-0.2, -0.15) is 13.2 Å². The third kappa shape index (κ3) is 6.43. The van der Waals surface area contributed by atoms with E-state index in [1.807, 2.05) is 12.1 Å². The minimum atomic E-state index is -5.02. The Morgan fingerprint density at radius 2 is 1.66 bits per heavy atom. The lowest BCUT2D eigenvalue weighted by molar-refractivity contribution is -0.199. The van der Waals surface area contributed by atoms with Gasteiger partial charge in [-0.15, -0.1) is 0 Å². The second-order valence-electron chi connectivity index (χ2n) is 7.43. The molecular formula is C22H24F3N3O4. The van der Waals surface area contributed by atoms with Crippen LogP contribution in [0.3, 0.4) is 0 Å². The highest BCUT2D eigenvalue weighted by atomic mass is 19.4. The van der Waals surface area contributed by atoms with Crippen LogP contribution in [-0.2, 0) is 27.2 Å². The summed E-state index contributed by atoms with van der Waals surface area (Å²) in [4.78, 5) is 38.4. The minimum absolute atomic E-state index is 0.00316. The van der Waals surface area contributed by atoms with Gasteiger partial charge in [-0.05, 0) is 43.1 Å².